The maximum absolute atomic E-state index is 13.2. The number of hydrogen-bond acceptors (Lipinski definition) is 4. The van der Waals surface area contributed by atoms with Gasteiger partial charge in [-0.25, -0.2) is 0 Å². The number of benzene rings is 2. The van der Waals surface area contributed by atoms with E-state index in [2.05, 4.69) is 27.0 Å². The summed E-state index contributed by atoms with van der Waals surface area (Å²) in [6, 6.07) is 14.8. The lowest BCUT2D eigenvalue weighted by molar-refractivity contribution is -0.117. The first kappa shape index (κ1) is 25.0. The molecule has 2 aromatic carbocycles. The molecule has 7 nitrogen and oxygen atoms in total. The van der Waals surface area contributed by atoms with Crippen molar-refractivity contribution < 1.29 is 14.3 Å². The van der Waals surface area contributed by atoms with Crippen LogP contribution in [0.4, 0.5) is 0 Å². The van der Waals surface area contributed by atoms with Gasteiger partial charge in [0.05, 0.1) is 23.8 Å². The maximum Gasteiger partial charge on any atom is 0.267 e. The van der Waals surface area contributed by atoms with Crippen LogP contribution in [0.5, 0.6) is 0 Å². The summed E-state index contributed by atoms with van der Waals surface area (Å²) in [6.07, 6.45) is 4.55. The molecule has 1 aliphatic heterocycles. The highest BCUT2D eigenvalue weighted by Gasteiger charge is 2.18. The first-order chi connectivity index (χ1) is 17.1. The highest BCUT2D eigenvalue weighted by molar-refractivity contribution is 6.34. The Morgan fingerprint density at radius 2 is 1.83 bits per heavy atom. The average molecular weight is 495 g/mol. The molecule has 35 heavy (non-hydrogen) atoms. The second kappa shape index (κ2) is 12.0. The number of carbonyl (C=O) groups is 2. The molecule has 1 aromatic heterocycles. The van der Waals surface area contributed by atoms with Crippen LogP contribution in [0, 0.1) is 0 Å². The Morgan fingerprint density at radius 1 is 1.09 bits per heavy atom. The summed E-state index contributed by atoms with van der Waals surface area (Å²) in [7, 11) is 0. The molecule has 1 fully saturated rings. The van der Waals surface area contributed by atoms with Crippen molar-refractivity contribution in [1.29, 1.82) is 0 Å². The molecule has 2 amide bonds. The third-order valence-electron chi connectivity index (χ3n) is 6.11. The molecule has 0 unspecified atom stereocenters. The van der Waals surface area contributed by atoms with Crippen LogP contribution in [0.15, 0.2) is 60.4 Å². The van der Waals surface area contributed by atoms with Gasteiger partial charge in [0.1, 0.15) is 5.70 Å². The number of para-hydroxylation sites is 1. The van der Waals surface area contributed by atoms with Crippen molar-refractivity contribution in [2.75, 3.05) is 39.4 Å². The fourth-order valence-electron chi connectivity index (χ4n) is 4.23. The first-order valence-corrected chi connectivity index (χ1v) is 12.4. The van der Waals surface area contributed by atoms with Crippen LogP contribution in [-0.2, 0) is 16.1 Å². The summed E-state index contributed by atoms with van der Waals surface area (Å²) in [6.45, 7) is 7.58. The lowest BCUT2D eigenvalue weighted by Crippen LogP contribution is -2.39. The number of hydrogen-bond donors (Lipinski definition) is 2. The summed E-state index contributed by atoms with van der Waals surface area (Å²) in [5.41, 5.74) is 2.43. The van der Waals surface area contributed by atoms with Crippen molar-refractivity contribution in [3.05, 3.63) is 76.6 Å². The molecule has 0 atom stereocenters. The zero-order valence-electron chi connectivity index (χ0n) is 19.9. The van der Waals surface area contributed by atoms with Crippen molar-refractivity contribution in [2.45, 2.75) is 19.9 Å². The fraction of sp³-hybridized carbons (Fsp3) is 0.333. The summed E-state index contributed by atoms with van der Waals surface area (Å²) in [4.78, 5) is 28.5. The molecule has 184 valence electrons. The Labute approximate surface area is 210 Å². The van der Waals surface area contributed by atoms with Gasteiger partial charge in [-0.15, -0.1) is 0 Å². The Hall–Kier alpha value is -3.13. The molecule has 0 saturated carbocycles. The van der Waals surface area contributed by atoms with E-state index in [-0.39, 0.29) is 11.6 Å². The highest BCUT2D eigenvalue weighted by atomic mass is 35.5. The molecule has 8 heteroatoms. The number of ether oxygens (including phenoxy) is 1. The minimum atomic E-state index is -0.426. The zero-order chi connectivity index (χ0) is 24.6. The number of carbonyl (C=O) groups excluding carboxylic acids is 2. The molecule has 1 aliphatic rings. The molecule has 1 saturated heterocycles. The quantitative estimate of drug-likeness (QED) is 0.349. The molecule has 3 aromatic rings. The van der Waals surface area contributed by atoms with Gasteiger partial charge >= 0.3 is 0 Å². The summed E-state index contributed by atoms with van der Waals surface area (Å²) in [5.74, 6) is -0.759. The zero-order valence-corrected chi connectivity index (χ0v) is 20.7. The van der Waals surface area contributed by atoms with Crippen molar-refractivity contribution >= 4 is 40.4 Å². The van der Waals surface area contributed by atoms with E-state index in [0.717, 1.165) is 62.3 Å². The van der Waals surface area contributed by atoms with E-state index >= 15 is 0 Å². The van der Waals surface area contributed by atoms with Gasteiger partial charge in [-0.1, -0.05) is 41.9 Å². The van der Waals surface area contributed by atoms with E-state index in [1.54, 1.807) is 30.3 Å². The standard InChI is InChI=1S/C27H31ClN4O3/c1-2-32-19-20(21-8-4-6-11-25(21)32)18-24(30-26(33)22-9-3-5-10-23(22)28)27(34)29-12-7-13-31-14-16-35-17-15-31/h3-6,8-11,18-19H,2,7,12-17H2,1H3,(H,29,34)(H,30,33)/b24-18-. The first-order valence-electron chi connectivity index (χ1n) is 12.0. The van der Waals surface area contributed by atoms with Crippen molar-refractivity contribution in [1.82, 2.24) is 20.1 Å². The van der Waals surface area contributed by atoms with Gasteiger partial charge in [0.15, 0.2) is 0 Å². The number of nitrogens with one attached hydrogen (secondary N) is 2. The van der Waals surface area contributed by atoms with Gasteiger partial charge in [0.25, 0.3) is 11.8 Å². The van der Waals surface area contributed by atoms with Gasteiger partial charge in [-0.2, -0.15) is 0 Å². The topological polar surface area (TPSA) is 75.6 Å². The van der Waals surface area contributed by atoms with Gasteiger partial charge in [-0.3, -0.25) is 14.5 Å². The third-order valence-corrected chi connectivity index (χ3v) is 6.44. The number of fused-ring (bicyclic) bond motifs is 1. The molecule has 2 N–H and O–H groups in total. The van der Waals surface area contributed by atoms with Crippen LogP contribution in [0.2, 0.25) is 5.02 Å². The van der Waals surface area contributed by atoms with Crippen LogP contribution in [0.25, 0.3) is 17.0 Å². The summed E-state index contributed by atoms with van der Waals surface area (Å²) < 4.78 is 7.50. The van der Waals surface area contributed by atoms with Crippen LogP contribution in [0.3, 0.4) is 0 Å². The summed E-state index contributed by atoms with van der Waals surface area (Å²) >= 11 is 6.22. The maximum atomic E-state index is 13.2. The molecular weight excluding hydrogens is 464 g/mol. The average Bonchev–Trinajstić information content (AvgIpc) is 3.24. The smallest absolute Gasteiger partial charge is 0.267 e. The van der Waals surface area contributed by atoms with E-state index in [9.17, 15) is 9.59 Å². The second-order valence-corrected chi connectivity index (χ2v) is 8.85. The predicted molar refractivity (Wildman–Crippen MR) is 139 cm³/mol. The van der Waals surface area contributed by atoms with Crippen LogP contribution in [-0.4, -0.2) is 60.7 Å². The molecule has 2 heterocycles. The Kier molecular flexibility index (Phi) is 8.58. The Bertz CT molecular complexity index is 1210. The van der Waals surface area contributed by atoms with E-state index in [1.807, 2.05) is 30.5 Å². The number of aryl methyl sites for hydroxylation is 1. The SMILES string of the molecule is CCn1cc(/C=C(\NC(=O)c2ccccc2Cl)C(=O)NCCCN2CCOCC2)c2ccccc21. The molecule has 0 aliphatic carbocycles. The number of amides is 2. The normalized spacial score (nSPS) is 14.7. The molecule has 0 radical (unpaired) electrons. The number of aromatic nitrogens is 1. The molecule has 4 rings (SSSR count). The van der Waals surface area contributed by atoms with Crippen LogP contribution < -0.4 is 10.6 Å². The largest absolute Gasteiger partial charge is 0.379 e. The van der Waals surface area contributed by atoms with Crippen molar-refractivity contribution in [2.24, 2.45) is 0 Å². The number of rotatable bonds is 9. The monoisotopic (exact) mass is 494 g/mol. The number of morpholine rings is 1. The van der Waals surface area contributed by atoms with Crippen LogP contribution >= 0.6 is 11.6 Å². The van der Waals surface area contributed by atoms with Crippen molar-refractivity contribution in [3.8, 4) is 0 Å². The van der Waals surface area contributed by atoms with E-state index in [0.29, 0.717) is 17.1 Å². The Balaban J connectivity index is 1.54. The Morgan fingerprint density at radius 3 is 2.60 bits per heavy atom. The minimum Gasteiger partial charge on any atom is -0.379 e. The van der Waals surface area contributed by atoms with Gasteiger partial charge in [-0.05, 0) is 44.2 Å². The minimum absolute atomic E-state index is 0.181. The third kappa shape index (κ3) is 6.31. The second-order valence-electron chi connectivity index (χ2n) is 8.44. The summed E-state index contributed by atoms with van der Waals surface area (Å²) in [5, 5.41) is 7.10. The lowest BCUT2D eigenvalue weighted by atomic mass is 10.1. The van der Waals surface area contributed by atoms with Gasteiger partial charge in [0, 0.05) is 48.8 Å². The van der Waals surface area contributed by atoms with Crippen molar-refractivity contribution in [3.63, 3.8) is 0 Å². The lowest BCUT2D eigenvalue weighted by Gasteiger charge is -2.26. The van der Waals surface area contributed by atoms with Gasteiger partial charge in [0.2, 0.25) is 0 Å². The molecule has 0 spiro atoms. The highest BCUT2D eigenvalue weighted by Crippen LogP contribution is 2.24. The fourth-order valence-corrected chi connectivity index (χ4v) is 4.45. The van der Waals surface area contributed by atoms with Gasteiger partial charge < -0.3 is 19.9 Å². The number of nitrogens with zero attached hydrogens (tertiary/aromatic N) is 2. The van der Waals surface area contributed by atoms with Crippen LogP contribution in [0.1, 0.15) is 29.3 Å². The van der Waals surface area contributed by atoms with E-state index < -0.39 is 5.91 Å². The molecule has 0 bridgehead atoms. The predicted octanol–water partition coefficient (Wildman–Crippen LogP) is 3.92. The number of halogens is 1. The molecular formula is C27H31ClN4O3. The van der Waals surface area contributed by atoms with E-state index in [4.69, 9.17) is 16.3 Å². The van der Waals surface area contributed by atoms with E-state index in [1.165, 1.54) is 0 Å².